The number of nitrogens with zero attached hydrogens (tertiary/aromatic N) is 2. The zero-order chi connectivity index (χ0) is 35.8. The average molecular weight is 701 g/mol. The van der Waals surface area contributed by atoms with Gasteiger partial charge in [-0.25, -0.2) is 0 Å². The van der Waals surface area contributed by atoms with Crippen molar-refractivity contribution in [2.45, 2.75) is 0 Å². The first-order chi connectivity index (χ1) is 27.3. The minimum absolute atomic E-state index is 0.0549. The van der Waals surface area contributed by atoms with Gasteiger partial charge in [-0.05, 0) is 87.8 Å². The lowest BCUT2D eigenvalue weighted by molar-refractivity contribution is 0.672. The van der Waals surface area contributed by atoms with Crippen LogP contribution in [0.3, 0.4) is 0 Å². The molecule has 0 N–H and O–H groups in total. The van der Waals surface area contributed by atoms with E-state index in [4.69, 9.17) is 8.83 Å². The molecule has 0 atom stereocenters. The van der Waals surface area contributed by atoms with Crippen molar-refractivity contribution < 1.29 is 8.83 Å². The van der Waals surface area contributed by atoms with Gasteiger partial charge in [0.15, 0.2) is 0 Å². The van der Waals surface area contributed by atoms with Crippen LogP contribution >= 0.6 is 0 Å². The van der Waals surface area contributed by atoms with E-state index in [-0.39, 0.29) is 6.71 Å². The summed E-state index contributed by atoms with van der Waals surface area (Å²) in [6.07, 6.45) is 0. The van der Waals surface area contributed by atoms with E-state index in [0.29, 0.717) is 0 Å². The normalized spacial score (nSPS) is 13.3. The predicted octanol–water partition coefficient (Wildman–Crippen LogP) is 11.9. The van der Waals surface area contributed by atoms with Gasteiger partial charge >= 0.3 is 0 Å². The van der Waals surface area contributed by atoms with Crippen molar-refractivity contribution >= 4 is 123 Å². The number of hydrogen-bond donors (Lipinski definition) is 0. The molecule has 0 unspecified atom stereocenters. The Morgan fingerprint density at radius 1 is 0.364 bits per heavy atom. The van der Waals surface area contributed by atoms with Gasteiger partial charge in [0, 0.05) is 44.3 Å². The number of fused-ring (bicyclic) bond motifs is 16. The molecule has 4 nitrogen and oxygen atoms in total. The van der Waals surface area contributed by atoms with Crippen LogP contribution in [0.25, 0.3) is 65.4 Å². The average Bonchev–Trinajstić information content (AvgIpc) is 3.84. The van der Waals surface area contributed by atoms with Crippen molar-refractivity contribution in [2.75, 3.05) is 9.80 Å². The van der Waals surface area contributed by atoms with Crippen LogP contribution in [0, 0.1) is 0 Å². The van der Waals surface area contributed by atoms with Crippen LogP contribution in [0.1, 0.15) is 0 Å². The molecule has 4 heterocycles. The first-order valence-electron chi connectivity index (χ1n) is 18.9. The van der Waals surface area contributed by atoms with Gasteiger partial charge in [0.1, 0.15) is 22.3 Å². The molecule has 5 heteroatoms. The van der Waals surface area contributed by atoms with Crippen LogP contribution in [0.2, 0.25) is 0 Å². The highest BCUT2D eigenvalue weighted by Gasteiger charge is 2.45. The lowest BCUT2D eigenvalue weighted by Crippen LogP contribution is -2.61. The molecule has 2 aromatic heterocycles. The molecule has 2 aliphatic rings. The SMILES string of the molecule is c1ccc(N2c3cccc4c3B(c3ccc5oc6c7ccccc7ccc6c5c32)c2ccc3oc5c6ccccc6ccc5c3c2N4c2ccccc2)cc1. The van der Waals surface area contributed by atoms with Gasteiger partial charge < -0.3 is 18.6 Å². The standard InChI is InChI=1S/C50H29BN2O2/c1-3-14-32(15-4-1)52-40-20-11-21-41-46(40)51(38-26-28-42-44(47(38)52)36-24-22-30-12-7-9-18-34(30)49(36)54-42)39-27-29-43-45(48(39)53(41)33-16-5-2-6-17-33)37-25-23-31-13-8-10-19-35(31)50(37)55-43/h1-29H. The first kappa shape index (κ1) is 29.2. The fourth-order valence-electron chi connectivity index (χ4n) is 9.77. The Morgan fingerprint density at radius 3 is 1.31 bits per heavy atom. The molecular weight excluding hydrogens is 671 g/mol. The summed E-state index contributed by atoms with van der Waals surface area (Å²) < 4.78 is 13.7. The van der Waals surface area contributed by atoms with E-state index in [0.717, 1.165) is 77.4 Å². The van der Waals surface area contributed by atoms with Crippen molar-refractivity contribution in [3.63, 3.8) is 0 Å². The fraction of sp³-hybridized carbons (Fsp3) is 0. The third-order valence-electron chi connectivity index (χ3n) is 12.0. The highest BCUT2D eigenvalue weighted by Crippen LogP contribution is 2.50. The van der Waals surface area contributed by atoms with Crippen LogP contribution in [-0.2, 0) is 0 Å². The molecule has 0 aliphatic carbocycles. The van der Waals surface area contributed by atoms with E-state index >= 15 is 0 Å². The molecule has 0 saturated heterocycles. The van der Waals surface area contributed by atoms with Gasteiger partial charge in [-0.1, -0.05) is 115 Å². The molecule has 0 amide bonds. The monoisotopic (exact) mass is 700 g/mol. The Hall–Kier alpha value is -7.24. The van der Waals surface area contributed by atoms with Crippen LogP contribution < -0.4 is 26.2 Å². The smallest absolute Gasteiger partial charge is 0.252 e. The Balaban J connectivity index is 1.20. The molecule has 254 valence electrons. The van der Waals surface area contributed by atoms with Crippen LogP contribution in [0.5, 0.6) is 0 Å². The van der Waals surface area contributed by atoms with Crippen LogP contribution in [0.15, 0.2) is 185 Å². The second kappa shape index (κ2) is 10.7. The zero-order valence-electron chi connectivity index (χ0n) is 29.5. The summed E-state index contributed by atoms with van der Waals surface area (Å²) >= 11 is 0. The third-order valence-corrected chi connectivity index (χ3v) is 12.0. The summed E-state index contributed by atoms with van der Waals surface area (Å²) in [6.45, 7) is -0.0549. The maximum absolute atomic E-state index is 6.84. The maximum Gasteiger partial charge on any atom is 0.252 e. The van der Waals surface area contributed by atoms with Crippen molar-refractivity contribution in [2.24, 2.45) is 0 Å². The molecule has 0 fully saturated rings. The molecule has 2 aliphatic heterocycles. The van der Waals surface area contributed by atoms with Crippen molar-refractivity contribution in [1.82, 2.24) is 0 Å². The van der Waals surface area contributed by atoms with E-state index in [1.807, 2.05) is 0 Å². The minimum Gasteiger partial charge on any atom is -0.455 e. The van der Waals surface area contributed by atoms with Gasteiger partial charge in [-0.15, -0.1) is 0 Å². The fourth-order valence-corrected chi connectivity index (χ4v) is 9.77. The number of benzene rings is 9. The highest BCUT2D eigenvalue weighted by atomic mass is 16.3. The first-order valence-corrected chi connectivity index (χ1v) is 18.9. The van der Waals surface area contributed by atoms with Gasteiger partial charge in [-0.3, -0.25) is 0 Å². The van der Waals surface area contributed by atoms with Gasteiger partial charge in [0.2, 0.25) is 0 Å². The molecule has 0 bridgehead atoms. The van der Waals surface area contributed by atoms with Gasteiger partial charge in [0.05, 0.1) is 22.1 Å². The second-order valence-electron chi connectivity index (χ2n) is 14.8. The van der Waals surface area contributed by atoms with E-state index < -0.39 is 0 Å². The molecular formula is C50H29BN2O2. The Kier molecular flexibility index (Phi) is 5.68. The number of anilines is 6. The summed E-state index contributed by atoms with van der Waals surface area (Å²) in [5.41, 5.74) is 14.3. The maximum atomic E-state index is 6.84. The Labute approximate surface area is 316 Å². The lowest BCUT2D eigenvalue weighted by Gasteiger charge is -2.44. The largest absolute Gasteiger partial charge is 0.455 e. The zero-order valence-corrected chi connectivity index (χ0v) is 29.5. The molecule has 0 spiro atoms. The molecule has 13 rings (SSSR count). The summed E-state index contributed by atoms with van der Waals surface area (Å²) in [5.74, 6) is 0. The number of furan rings is 2. The second-order valence-corrected chi connectivity index (χ2v) is 14.8. The molecule has 11 aromatic rings. The number of rotatable bonds is 2. The molecule has 0 saturated carbocycles. The summed E-state index contributed by atoms with van der Waals surface area (Å²) in [5, 5.41) is 9.09. The van der Waals surface area contributed by atoms with Gasteiger partial charge in [0.25, 0.3) is 6.71 Å². The molecule has 55 heavy (non-hydrogen) atoms. The van der Waals surface area contributed by atoms with Crippen LogP contribution in [0.4, 0.5) is 34.1 Å². The summed E-state index contributed by atoms with van der Waals surface area (Å²) in [7, 11) is 0. The Morgan fingerprint density at radius 2 is 0.818 bits per heavy atom. The minimum atomic E-state index is -0.0549. The van der Waals surface area contributed by atoms with Crippen molar-refractivity contribution in [3.05, 3.63) is 176 Å². The molecule has 0 radical (unpaired) electrons. The van der Waals surface area contributed by atoms with E-state index in [1.54, 1.807) is 0 Å². The predicted molar refractivity (Wildman–Crippen MR) is 230 cm³/mol. The highest BCUT2D eigenvalue weighted by molar-refractivity contribution is 7.01. The number of hydrogen-bond acceptors (Lipinski definition) is 4. The Bertz CT molecular complexity index is 3180. The topological polar surface area (TPSA) is 32.8 Å². The van der Waals surface area contributed by atoms with Crippen LogP contribution in [-0.4, -0.2) is 6.71 Å². The summed E-state index contributed by atoms with van der Waals surface area (Å²) in [4.78, 5) is 4.95. The third kappa shape index (κ3) is 3.81. The van der Waals surface area contributed by atoms with E-state index in [1.165, 1.54) is 38.5 Å². The van der Waals surface area contributed by atoms with E-state index in [9.17, 15) is 0 Å². The van der Waals surface area contributed by atoms with Crippen molar-refractivity contribution in [3.8, 4) is 0 Å². The number of para-hydroxylation sites is 2. The van der Waals surface area contributed by atoms with Crippen molar-refractivity contribution in [1.29, 1.82) is 0 Å². The van der Waals surface area contributed by atoms with Gasteiger partial charge in [-0.2, -0.15) is 0 Å². The van der Waals surface area contributed by atoms with E-state index in [2.05, 4.69) is 186 Å². The quantitative estimate of drug-likeness (QED) is 0.168. The summed E-state index contributed by atoms with van der Waals surface area (Å²) in [6, 6.07) is 63.4. The molecule has 9 aromatic carbocycles. The lowest BCUT2D eigenvalue weighted by atomic mass is 9.33.